The Morgan fingerprint density at radius 1 is 1.04 bits per heavy atom. The molecule has 0 spiro atoms. The summed E-state index contributed by atoms with van der Waals surface area (Å²) in [5.74, 6) is -0.383. The van der Waals surface area contributed by atoms with E-state index in [1.165, 1.54) is 28.6 Å². The van der Waals surface area contributed by atoms with Crippen molar-refractivity contribution >= 4 is 26.0 Å². The van der Waals surface area contributed by atoms with Crippen LogP contribution in [0.3, 0.4) is 0 Å². The molecule has 2 rings (SSSR count). The number of rotatable bonds is 8. The minimum absolute atomic E-state index is 0.0379. The molecule has 1 saturated heterocycles. The van der Waals surface area contributed by atoms with Gasteiger partial charge in [-0.3, -0.25) is 4.79 Å². The van der Waals surface area contributed by atoms with Gasteiger partial charge in [0.25, 0.3) is 0 Å². The quantitative estimate of drug-likeness (QED) is 0.685. The lowest BCUT2D eigenvalue weighted by molar-refractivity contribution is -0.121. The number of nitrogens with one attached hydrogen (secondary N) is 1. The Kier molecular flexibility index (Phi) is 6.78. The summed E-state index contributed by atoms with van der Waals surface area (Å²) in [7, 11) is -7.47. The molecule has 10 heteroatoms. The lowest BCUT2D eigenvalue weighted by Crippen LogP contribution is -2.40. The van der Waals surface area contributed by atoms with E-state index in [-0.39, 0.29) is 28.8 Å². The second kappa shape index (κ2) is 8.47. The molecule has 8 nitrogen and oxygen atoms in total. The first-order valence-electron chi connectivity index (χ1n) is 8.60. The number of hydrogen-bond acceptors (Lipinski definition) is 5. The van der Waals surface area contributed by atoms with Crippen LogP contribution in [0.15, 0.2) is 34.1 Å². The van der Waals surface area contributed by atoms with Gasteiger partial charge in [-0.25, -0.2) is 16.8 Å². The van der Waals surface area contributed by atoms with Gasteiger partial charge in [0.15, 0.2) is 0 Å². The molecule has 146 valence electrons. The lowest BCUT2D eigenvalue weighted by atomic mass is 10.4. The monoisotopic (exact) mass is 403 g/mol. The van der Waals surface area contributed by atoms with E-state index in [9.17, 15) is 21.6 Å². The van der Waals surface area contributed by atoms with Crippen molar-refractivity contribution in [1.29, 1.82) is 0 Å². The molecule has 1 fully saturated rings. The minimum atomic E-state index is -3.88. The average Bonchev–Trinajstić information content (AvgIpc) is 3.15. The Balaban J connectivity index is 2.23. The van der Waals surface area contributed by atoms with E-state index in [4.69, 9.17) is 0 Å². The number of benzene rings is 1. The largest absolute Gasteiger partial charge is 0.355 e. The highest BCUT2D eigenvalue weighted by atomic mass is 32.2. The van der Waals surface area contributed by atoms with E-state index in [0.29, 0.717) is 19.6 Å². The summed E-state index contributed by atoms with van der Waals surface area (Å²) >= 11 is 0. The van der Waals surface area contributed by atoms with Gasteiger partial charge in [0.1, 0.15) is 0 Å². The maximum atomic E-state index is 12.7. The van der Waals surface area contributed by atoms with Gasteiger partial charge in [-0.05, 0) is 44.0 Å². The molecule has 0 aromatic heterocycles. The first-order chi connectivity index (χ1) is 12.2. The Labute approximate surface area is 155 Å². The molecular weight excluding hydrogens is 378 g/mol. The predicted molar refractivity (Wildman–Crippen MR) is 97.6 cm³/mol. The summed E-state index contributed by atoms with van der Waals surface area (Å²) in [6.45, 7) is 4.63. The topological polar surface area (TPSA) is 104 Å². The van der Waals surface area contributed by atoms with Gasteiger partial charge in [-0.15, -0.1) is 0 Å². The number of hydrogen-bond donors (Lipinski definition) is 1. The number of likely N-dealkylation sites (N-methyl/N-ethyl adjacent to an activating group) is 2. The zero-order valence-corrected chi connectivity index (χ0v) is 16.6. The van der Waals surface area contributed by atoms with E-state index in [0.717, 1.165) is 17.1 Å². The molecule has 1 aliphatic heterocycles. The maximum Gasteiger partial charge on any atom is 0.243 e. The summed E-state index contributed by atoms with van der Waals surface area (Å²) in [5, 5.41) is 2.56. The Hall–Kier alpha value is -1.49. The zero-order valence-electron chi connectivity index (χ0n) is 15.0. The fourth-order valence-electron chi connectivity index (χ4n) is 2.79. The van der Waals surface area contributed by atoms with Crippen LogP contribution in [0.4, 0.5) is 0 Å². The van der Waals surface area contributed by atoms with Crippen molar-refractivity contribution in [2.45, 2.75) is 36.5 Å². The smallest absolute Gasteiger partial charge is 0.243 e. The Bertz CT molecular complexity index is 829. The van der Waals surface area contributed by atoms with Crippen LogP contribution >= 0.6 is 0 Å². The van der Waals surface area contributed by atoms with Gasteiger partial charge < -0.3 is 5.32 Å². The van der Waals surface area contributed by atoms with Gasteiger partial charge >= 0.3 is 0 Å². The van der Waals surface area contributed by atoms with Crippen LogP contribution in [0, 0.1) is 0 Å². The molecule has 0 atom stereocenters. The highest BCUT2D eigenvalue weighted by Gasteiger charge is 2.29. The molecule has 1 aromatic carbocycles. The molecule has 1 heterocycles. The normalized spacial score (nSPS) is 16.1. The Morgan fingerprint density at radius 3 is 2.08 bits per heavy atom. The van der Waals surface area contributed by atoms with Crippen molar-refractivity contribution < 1.29 is 21.6 Å². The van der Waals surface area contributed by atoms with E-state index in [1.54, 1.807) is 13.8 Å². The van der Waals surface area contributed by atoms with Crippen molar-refractivity contribution in [2.24, 2.45) is 0 Å². The summed E-state index contributed by atoms with van der Waals surface area (Å²) in [6, 6.07) is 5.17. The van der Waals surface area contributed by atoms with Crippen molar-refractivity contribution in [3.63, 3.8) is 0 Å². The standard InChI is InChI=1S/C16H25N3O5S2/c1-3-17-16(20)13-18(4-2)25(21,22)14-7-9-15(10-8-14)26(23,24)19-11-5-6-12-19/h7-10H,3-6,11-13H2,1-2H3,(H,17,20). The molecule has 0 radical (unpaired) electrons. The molecular formula is C16H25N3O5S2. The van der Waals surface area contributed by atoms with Crippen molar-refractivity contribution in [2.75, 3.05) is 32.7 Å². The number of nitrogens with zero attached hydrogens (tertiary/aromatic N) is 2. The average molecular weight is 404 g/mol. The second-order valence-corrected chi connectivity index (χ2v) is 9.84. The van der Waals surface area contributed by atoms with Gasteiger partial charge in [-0.1, -0.05) is 6.92 Å². The molecule has 1 N–H and O–H groups in total. The molecule has 0 bridgehead atoms. The first-order valence-corrected chi connectivity index (χ1v) is 11.5. The van der Waals surface area contributed by atoms with Gasteiger partial charge in [0.2, 0.25) is 26.0 Å². The van der Waals surface area contributed by atoms with Crippen molar-refractivity contribution in [3.05, 3.63) is 24.3 Å². The third-order valence-electron chi connectivity index (χ3n) is 4.21. The third-order valence-corrected chi connectivity index (χ3v) is 8.06. The van der Waals surface area contributed by atoms with Crippen molar-refractivity contribution in [1.82, 2.24) is 13.9 Å². The number of carbonyl (C=O) groups is 1. The number of sulfonamides is 2. The van der Waals surface area contributed by atoms with Crippen molar-refractivity contribution in [3.8, 4) is 0 Å². The minimum Gasteiger partial charge on any atom is -0.355 e. The first kappa shape index (κ1) is 20.8. The van der Waals surface area contributed by atoms with Crippen LogP contribution in [0.5, 0.6) is 0 Å². The lowest BCUT2D eigenvalue weighted by Gasteiger charge is -2.20. The summed E-state index contributed by atoms with van der Waals surface area (Å²) in [6.07, 6.45) is 1.66. The van der Waals surface area contributed by atoms with Gasteiger partial charge in [0, 0.05) is 26.2 Å². The summed E-state index contributed by atoms with van der Waals surface area (Å²) < 4.78 is 52.9. The molecule has 26 heavy (non-hydrogen) atoms. The molecule has 0 unspecified atom stereocenters. The van der Waals surface area contributed by atoms with E-state index < -0.39 is 20.0 Å². The maximum absolute atomic E-state index is 12.7. The van der Waals surface area contributed by atoms with E-state index >= 15 is 0 Å². The van der Waals surface area contributed by atoms with Crippen LogP contribution in [0.1, 0.15) is 26.7 Å². The number of carbonyl (C=O) groups excluding carboxylic acids is 1. The fourth-order valence-corrected chi connectivity index (χ4v) is 5.71. The summed E-state index contributed by atoms with van der Waals surface area (Å²) in [4.78, 5) is 11.8. The SMILES string of the molecule is CCNC(=O)CN(CC)S(=O)(=O)c1ccc(S(=O)(=O)N2CCCC2)cc1. The van der Waals surface area contributed by atoms with Gasteiger partial charge in [0.05, 0.1) is 16.3 Å². The van der Waals surface area contributed by atoms with Crippen LogP contribution in [0.2, 0.25) is 0 Å². The highest BCUT2D eigenvalue weighted by molar-refractivity contribution is 7.89. The summed E-state index contributed by atoms with van der Waals surface area (Å²) in [5.41, 5.74) is 0. The zero-order chi connectivity index (χ0) is 19.4. The van der Waals surface area contributed by atoms with E-state index in [1.807, 2.05) is 0 Å². The second-order valence-electron chi connectivity index (χ2n) is 5.97. The highest BCUT2D eigenvalue weighted by Crippen LogP contribution is 2.23. The molecule has 1 aromatic rings. The third kappa shape index (κ3) is 4.43. The molecule has 1 aliphatic rings. The van der Waals surface area contributed by atoms with Crippen LogP contribution < -0.4 is 5.32 Å². The molecule has 0 aliphatic carbocycles. The van der Waals surface area contributed by atoms with Crippen LogP contribution in [0.25, 0.3) is 0 Å². The Morgan fingerprint density at radius 2 is 1.58 bits per heavy atom. The molecule has 0 saturated carbocycles. The molecule has 1 amide bonds. The van der Waals surface area contributed by atoms with Gasteiger partial charge in [-0.2, -0.15) is 8.61 Å². The van der Waals surface area contributed by atoms with Crippen LogP contribution in [-0.2, 0) is 24.8 Å². The van der Waals surface area contributed by atoms with E-state index in [2.05, 4.69) is 5.32 Å². The number of amides is 1. The fraction of sp³-hybridized carbons (Fsp3) is 0.562. The van der Waals surface area contributed by atoms with Crippen LogP contribution in [-0.4, -0.2) is 64.1 Å². The predicted octanol–water partition coefficient (Wildman–Crippen LogP) is 0.618.